The molecule has 2 aromatic carbocycles. The Labute approximate surface area is 101 Å². The minimum absolute atomic E-state index is 0.0118. The second-order valence-electron chi connectivity index (χ2n) is 4.35. The smallest absolute Gasteiger partial charge is 0.0599 e. The fourth-order valence-corrected chi connectivity index (χ4v) is 1.93. The minimum atomic E-state index is -0.202. The summed E-state index contributed by atoms with van der Waals surface area (Å²) in [5, 5.41) is 11.4. The molecule has 3 nitrogen and oxygen atoms in total. The largest absolute Gasteiger partial charge is 0.395 e. The molecule has 0 amide bonds. The standard InChI is InChI=1S/C14H18N2O/c1-16(9-13(15)10-17)14-7-6-11-4-2-3-5-12(11)8-14/h2-8,13,17H,9-10,15H2,1H3. The van der Waals surface area contributed by atoms with Crippen molar-refractivity contribution in [1.29, 1.82) is 0 Å². The fourth-order valence-electron chi connectivity index (χ4n) is 1.93. The van der Waals surface area contributed by atoms with Crippen LogP contribution in [0, 0.1) is 0 Å². The fraction of sp³-hybridized carbons (Fsp3) is 0.286. The lowest BCUT2D eigenvalue weighted by molar-refractivity contribution is 0.267. The summed E-state index contributed by atoms with van der Waals surface area (Å²) in [7, 11) is 1.99. The maximum atomic E-state index is 8.95. The molecule has 2 rings (SSSR count). The lowest BCUT2D eigenvalue weighted by atomic mass is 10.1. The Balaban J connectivity index is 2.23. The van der Waals surface area contributed by atoms with E-state index in [0.717, 1.165) is 5.69 Å². The highest BCUT2D eigenvalue weighted by molar-refractivity contribution is 5.85. The molecule has 0 aromatic heterocycles. The number of hydrogen-bond acceptors (Lipinski definition) is 3. The maximum absolute atomic E-state index is 8.95. The highest BCUT2D eigenvalue weighted by Gasteiger charge is 2.06. The molecule has 0 aliphatic rings. The Morgan fingerprint density at radius 3 is 2.59 bits per heavy atom. The van der Waals surface area contributed by atoms with Gasteiger partial charge < -0.3 is 15.7 Å². The predicted octanol–water partition coefficient (Wildman–Crippen LogP) is 1.60. The van der Waals surface area contributed by atoms with Crippen LogP contribution in [0.3, 0.4) is 0 Å². The molecular weight excluding hydrogens is 212 g/mol. The summed E-state index contributed by atoms with van der Waals surface area (Å²) >= 11 is 0. The number of rotatable bonds is 4. The topological polar surface area (TPSA) is 49.5 Å². The van der Waals surface area contributed by atoms with Crippen LogP contribution in [0.1, 0.15) is 0 Å². The third kappa shape index (κ3) is 2.75. The van der Waals surface area contributed by atoms with E-state index >= 15 is 0 Å². The van der Waals surface area contributed by atoms with Crippen molar-refractivity contribution in [3.8, 4) is 0 Å². The lowest BCUT2D eigenvalue weighted by Gasteiger charge is -2.22. The molecule has 0 heterocycles. The normalized spacial score (nSPS) is 12.6. The average Bonchev–Trinajstić information content (AvgIpc) is 2.38. The van der Waals surface area contributed by atoms with Crippen LogP contribution in [-0.2, 0) is 0 Å². The molecule has 1 atom stereocenters. The van der Waals surface area contributed by atoms with Gasteiger partial charge in [0.2, 0.25) is 0 Å². The molecule has 3 heteroatoms. The molecular formula is C14H18N2O. The van der Waals surface area contributed by atoms with Crippen LogP contribution in [0.4, 0.5) is 5.69 Å². The van der Waals surface area contributed by atoms with Crippen LogP contribution < -0.4 is 10.6 Å². The SMILES string of the molecule is CN(CC(N)CO)c1ccc2ccccc2c1. The average molecular weight is 230 g/mol. The first-order chi connectivity index (χ1) is 8.20. The van der Waals surface area contributed by atoms with E-state index in [1.54, 1.807) is 0 Å². The van der Waals surface area contributed by atoms with Crippen molar-refractivity contribution >= 4 is 16.5 Å². The highest BCUT2D eigenvalue weighted by atomic mass is 16.3. The van der Waals surface area contributed by atoms with Gasteiger partial charge in [-0.3, -0.25) is 0 Å². The van der Waals surface area contributed by atoms with Crippen molar-refractivity contribution in [3.63, 3.8) is 0 Å². The van der Waals surface area contributed by atoms with Gasteiger partial charge in [-0.2, -0.15) is 0 Å². The van der Waals surface area contributed by atoms with Crippen molar-refractivity contribution in [3.05, 3.63) is 42.5 Å². The number of aliphatic hydroxyl groups excluding tert-OH is 1. The quantitative estimate of drug-likeness (QED) is 0.838. The number of fused-ring (bicyclic) bond motifs is 1. The number of nitrogens with two attached hydrogens (primary N) is 1. The van der Waals surface area contributed by atoms with Crippen molar-refractivity contribution in [2.75, 3.05) is 25.1 Å². The first-order valence-electron chi connectivity index (χ1n) is 5.77. The molecule has 0 spiro atoms. The molecule has 2 aromatic rings. The molecule has 0 bridgehead atoms. The van der Waals surface area contributed by atoms with E-state index < -0.39 is 0 Å². The first kappa shape index (κ1) is 11.9. The van der Waals surface area contributed by atoms with Crippen LogP contribution in [0.15, 0.2) is 42.5 Å². The van der Waals surface area contributed by atoms with Crippen LogP contribution in [0.5, 0.6) is 0 Å². The van der Waals surface area contributed by atoms with Gasteiger partial charge in [0, 0.05) is 25.3 Å². The van der Waals surface area contributed by atoms with Gasteiger partial charge in [0.1, 0.15) is 0 Å². The summed E-state index contributed by atoms with van der Waals surface area (Å²) in [6.07, 6.45) is 0. The summed E-state index contributed by atoms with van der Waals surface area (Å²) in [6, 6.07) is 14.4. The highest BCUT2D eigenvalue weighted by Crippen LogP contribution is 2.21. The number of likely N-dealkylation sites (N-methyl/N-ethyl adjacent to an activating group) is 1. The number of benzene rings is 2. The molecule has 1 unspecified atom stereocenters. The van der Waals surface area contributed by atoms with E-state index in [4.69, 9.17) is 10.8 Å². The van der Waals surface area contributed by atoms with Gasteiger partial charge in [0.15, 0.2) is 0 Å². The molecule has 0 radical (unpaired) electrons. The maximum Gasteiger partial charge on any atom is 0.0599 e. The summed E-state index contributed by atoms with van der Waals surface area (Å²) in [6.45, 7) is 0.659. The first-order valence-corrected chi connectivity index (χ1v) is 5.77. The predicted molar refractivity (Wildman–Crippen MR) is 72.3 cm³/mol. The Morgan fingerprint density at radius 1 is 1.18 bits per heavy atom. The Morgan fingerprint density at radius 2 is 1.88 bits per heavy atom. The summed E-state index contributed by atoms with van der Waals surface area (Å²) in [5.74, 6) is 0. The molecule has 0 saturated heterocycles. The number of anilines is 1. The van der Waals surface area contributed by atoms with Gasteiger partial charge in [-0.1, -0.05) is 30.3 Å². The number of nitrogens with zero attached hydrogens (tertiary/aromatic N) is 1. The lowest BCUT2D eigenvalue weighted by Crippen LogP contribution is -2.37. The van der Waals surface area contributed by atoms with Crippen LogP contribution >= 0.6 is 0 Å². The van der Waals surface area contributed by atoms with Gasteiger partial charge >= 0.3 is 0 Å². The third-order valence-electron chi connectivity index (χ3n) is 2.92. The van der Waals surface area contributed by atoms with E-state index in [1.807, 2.05) is 19.2 Å². The van der Waals surface area contributed by atoms with Crippen molar-refractivity contribution in [2.24, 2.45) is 5.73 Å². The van der Waals surface area contributed by atoms with E-state index in [-0.39, 0.29) is 12.6 Å². The minimum Gasteiger partial charge on any atom is -0.395 e. The molecule has 0 fully saturated rings. The zero-order chi connectivity index (χ0) is 12.3. The van der Waals surface area contributed by atoms with Gasteiger partial charge in [-0.25, -0.2) is 0 Å². The Hall–Kier alpha value is -1.58. The second kappa shape index (κ2) is 5.17. The van der Waals surface area contributed by atoms with Gasteiger partial charge in [-0.05, 0) is 22.9 Å². The zero-order valence-electron chi connectivity index (χ0n) is 10.0. The monoisotopic (exact) mass is 230 g/mol. The Kier molecular flexibility index (Phi) is 3.61. The van der Waals surface area contributed by atoms with Crippen molar-refractivity contribution in [1.82, 2.24) is 0 Å². The van der Waals surface area contributed by atoms with Gasteiger partial charge in [0.25, 0.3) is 0 Å². The van der Waals surface area contributed by atoms with Crippen LogP contribution in [-0.4, -0.2) is 31.3 Å². The van der Waals surface area contributed by atoms with Gasteiger partial charge in [-0.15, -0.1) is 0 Å². The zero-order valence-corrected chi connectivity index (χ0v) is 10.0. The number of aliphatic hydroxyl groups is 1. The summed E-state index contributed by atoms with van der Waals surface area (Å²) < 4.78 is 0. The van der Waals surface area contributed by atoms with Crippen molar-refractivity contribution in [2.45, 2.75) is 6.04 Å². The van der Waals surface area contributed by atoms with Crippen LogP contribution in [0.25, 0.3) is 10.8 Å². The third-order valence-corrected chi connectivity index (χ3v) is 2.92. The van der Waals surface area contributed by atoms with E-state index in [2.05, 4.69) is 35.2 Å². The van der Waals surface area contributed by atoms with E-state index in [1.165, 1.54) is 10.8 Å². The Bertz CT molecular complexity index is 498. The van der Waals surface area contributed by atoms with Gasteiger partial charge in [0.05, 0.1) is 6.61 Å². The molecule has 17 heavy (non-hydrogen) atoms. The molecule has 0 aliphatic heterocycles. The summed E-state index contributed by atoms with van der Waals surface area (Å²) in [4.78, 5) is 2.06. The molecule has 0 aliphatic carbocycles. The molecule has 3 N–H and O–H groups in total. The van der Waals surface area contributed by atoms with Crippen LogP contribution in [0.2, 0.25) is 0 Å². The second-order valence-corrected chi connectivity index (χ2v) is 4.35. The molecule has 0 saturated carbocycles. The van der Waals surface area contributed by atoms with E-state index in [9.17, 15) is 0 Å². The summed E-state index contributed by atoms with van der Waals surface area (Å²) in [5.41, 5.74) is 6.85. The number of hydrogen-bond donors (Lipinski definition) is 2. The molecule has 90 valence electrons. The van der Waals surface area contributed by atoms with E-state index in [0.29, 0.717) is 6.54 Å². The van der Waals surface area contributed by atoms with Crippen molar-refractivity contribution < 1.29 is 5.11 Å².